The average Bonchev–Trinajstić information content (AvgIpc) is 2.71. The zero-order chi connectivity index (χ0) is 18.8. The Morgan fingerprint density at radius 1 is 0.704 bits per heavy atom. The van der Waals surface area contributed by atoms with Crippen LogP contribution in [0.15, 0.2) is 91.0 Å². The molecule has 3 nitrogen and oxygen atoms in total. The highest BCUT2D eigenvalue weighted by Gasteiger charge is 2.18. The molecule has 0 aliphatic rings. The topological polar surface area (TPSA) is 35.5 Å². The number of hydrogen-bond acceptors (Lipinski definition) is 3. The van der Waals surface area contributed by atoms with Crippen molar-refractivity contribution >= 4 is 27.5 Å². The first-order chi connectivity index (χ1) is 13.1. The molecule has 0 spiro atoms. The summed E-state index contributed by atoms with van der Waals surface area (Å²) in [6.07, 6.45) is 0. The van der Waals surface area contributed by atoms with Crippen LogP contribution in [0.1, 0.15) is 6.92 Å². The molecule has 0 aliphatic carbocycles. The Kier molecular flexibility index (Phi) is 4.35. The molecule has 0 bridgehead atoms. The molecule has 0 heterocycles. The van der Waals surface area contributed by atoms with Gasteiger partial charge in [0.2, 0.25) is 0 Å². The van der Waals surface area contributed by atoms with Gasteiger partial charge in [0, 0.05) is 27.1 Å². The second-order valence-corrected chi connectivity index (χ2v) is 6.33. The van der Waals surface area contributed by atoms with E-state index < -0.39 is 5.97 Å². The second kappa shape index (κ2) is 6.96. The van der Waals surface area contributed by atoms with Gasteiger partial charge in [-0.3, -0.25) is 0 Å². The highest BCUT2D eigenvalue weighted by molar-refractivity contribution is 6.12. The van der Waals surface area contributed by atoms with E-state index >= 15 is 0 Å². The van der Waals surface area contributed by atoms with E-state index in [4.69, 9.17) is 9.47 Å². The predicted molar refractivity (Wildman–Crippen MR) is 108 cm³/mol. The molecule has 0 atom stereocenters. The van der Waals surface area contributed by atoms with Crippen molar-refractivity contribution in [1.82, 2.24) is 0 Å². The van der Waals surface area contributed by atoms with Gasteiger partial charge in [-0.25, -0.2) is 4.79 Å². The van der Waals surface area contributed by atoms with Gasteiger partial charge in [-0.2, -0.15) is 0 Å². The molecule has 4 aromatic carbocycles. The number of hydrogen-bond donors (Lipinski definition) is 0. The summed E-state index contributed by atoms with van der Waals surface area (Å²) in [4.78, 5) is 12.2. The molecule has 0 fully saturated rings. The third-order valence-electron chi connectivity index (χ3n) is 4.34. The third-order valence-corrected chi connectivity index (χ3v) is 4.34. The standard InChI is InChI=1S/C24H18O3/c1-16(2)24(25)27-23-20-14-8-6-12-18(20)22(19-13-7-9-15-21(19)23)26-17-10-4-3-5-11-17/h3-15H,1H2,2H3. The molecular weight excluding hydrogens is 336 g/mol. The highest BCUT2D eigenvalue weighted by Crippen LogP contribution is 2.44. The van der Waals surface area contributed by atoms with Gasteiger partial charge in [0.15, 0.2) is 0 Å². The molecule has 132 valence electrons. The molecule has 4 rings (SSSR count). The molecule has 27 heavy (non-hydrogen) atoms. The van der Waals surface area contributed by atoms with Crippen molar-refractivity contribution in [2.24, 2.45) is 0 Å². The lowest BCUT2D eigenvalue weighted by atomic mass is 10.0. The lowest BCUT2D eigenvalue weighted by Gasteiger charge is -2.17. The Labute approximate surface area is 157 Å². The monoisotopic (exact) mass is 354 g/mol. The van der Waals surface area contributed by atoms with Crippen LogP contribution in [0.4, 0.5) is 0 Å². The minimum atomic E-state index is -0.443. The summed E-state index contributed by atoms with van der Waals surface area (Å²) >= 11 is 0. The van der Waals surface area contributed by atoms with Crippen molar-refractivity contribution in [3.63, 3.8) is 0 Å². The van der Waals surface area contributed by atoms with E-state index in [2.05, 4.69) is 6.58 Å². The van der Waals surface area contributed by atoms with Crippen LogP contribution in [0, 0.1) is 0 Å². The molecule has 0 amide bonds. The molecule has 0 aliphatic heterocycles. The quantitative estimate of drug-likeness (QED) is 0.188. The van der Waals surface area contributed by atoms with E-state index in [1.54, 1.807) is 6.92 Å². The number of benzene rings is 4. The second-order valence-electron chi connectivity index (χ2n) is 6.33. The van der Waals surface area contributed by atoms with E-state index in [0.29, 0.717) is 11.3 Å². The van der Waals surface area contributed by atoms with Crippen molar-refractivity contribution in [2.75, 3.05) is 0 Å². The molecule has 0 saturated carbocycles. The summed E-state index contributed by atoms with van der Waals surface area (Å²) < 4.78 is 12.0. The van der Waals surface area contributed by atoms with Gasteiger partial charge in [-0.05, 0) is 19.1 Å². The van der Waals surface area contributed by atoms with E-state index in [-0.39, 0.29) is 0 Å². The minimum absolute atomic E-state index is 0.354. The Balaban J connectivity index is 2.01. The predicted octanol–water partition coefficient (Wildman–Crippen LogP) is 6.27. The summed E-state index contributed by atoms with van der Waals surface area (Å²) in [7, 11) is 0. The largest absolute Gasteiger partial charge is 0.456 e. The first-order valence-electron chi connectivity index (χ1n) is 8.69. The van der Waals surface area contributed by atoms with Crippen molar-refractivity contribution < 1.29 is 14.3 Å². The van der Waals surface area contributed by atoms with Gasteiger partial charge in [-0.1, -0.05) is 73.3 Å². The van der Waals surface area contributed by atoms with E-state index in [1.165, 1.54) is 0 Å². The lowest BCUT2D eigenvalue weighted by molar-refractivity contribution is -0.129. The number of ether oxygens (including phenoxy) is 2. The maximum atomic E-state index is 12.2. The maximum Gasteiger partial charge on any atom is 0.338 e. The molecule has 0 saturated heterocycles. The average molecular weight is 354 g/mol. The van der Waals surface area contributed by atoms with Gasteiger partial charge in [0.25, 0.3) is 0 Å². The number of para-hydroxylation sites is 1. The number of fused-ring (bicyclic) bond motifs is 2. The van der Waals surface area contributed by atoms with Crippen molar-refractivity contribution in [3.8, 4) is 17.2 Å². The summed E-state index contributed by atoms with van der Waals surface area (Å²) in [6.45, 7) is 5.32. The summed E-state index contributed by atoms with van der Waals surface area (Å²) in [5, 5.41) is 3.39. The first-order valence-corrected chi connectivity index (χ1v) is 8.69. The van der Waals surface area contributed by atoms with Crippen molar-refractivity contribution in [1.29, 1.82) is 0 Å². The normalized spacial score (nSPS) is 10.7. The van der Waals surface area contributed by atoms with Crippen LogP contribution in [0.3, 0.4) is 0 Å². The SMILES string of the molecule is C=C(C)C(=O)Oc1c2ccccc2c(Oc2ccccc2)c2ccccc12. The van der Waals surface area contributed by atoms with Gasteiger partial charge < -0.3 is 9.47 Å². The number of rotatable bonds is 4. The fraction of sp³-hybridized carbons (Fsp3) is 0.0417. The van der Waals surface area contributed by atoms with Crippen molar-refractivity contribution in [2.45, 2.75) is 6.92 Å². The van der Waals surface area contributed by atoms with Gasteiger partial charge in [-0.15, -0.1) is 0 Å². The van der Waals surface area contributed by atoms with E-state index in [9.17, 15) is 4.79 Å². The zero-order valence-electron chi connectivity index (χ0n) is 14.9. The van der Waals surface area contributed by atoms with Crippen LogP contribution in [0.5, 0.6) is 17.2 Å². The molecule has 0 radical (unpaired) electrons. The number of carbonyl (C=O) groups is 1. The number of esters is 1. The van der Waals surface area contributed by atoms with Crippen LogP contribution >= 0.6 is 0 Å². The van der Waals surface area contributed by atoms with Crippen LogP contribution in [-0.4, -0.2) is 5.97 Å². The molecule has 0 aromatic heterocycles. The fourth-order valence-corrected chi connectivity index (χ4v) is 3.05. The summed E-state index contributed by atoms with van der Waals surface area (Å²) in [5.41, 5.74) is 0.354. The third kappa shape index (κ3) is 3.15. The van der Waals surface area contributed by atoms with Crippen LogP contribution in [0.25, 0.3) is 21.5 Å². The van der Waals surface area contributed by atoms with Gasteiger partial charge in [0.1, 0.15) is 17.2 Å². The van der Waals surface area contributed by atoms with Crippen LogP contribution < -0.4 is 9.47 Å². The zero-order valence-corrected chi connectivity index (χ0v) is 14.9. The first kappa shape index (κ1) is 16.9. The van der Waals surface area contributed by atoms with Crippen molar-refractivity contribution in [3.05, 3.63) is 91.0 Å². The highest BCUT2D eigenvalue weighted by atomic mass is 16.5. The van der Waals surface area contributed by atoms with Crippen LogP contribution in [-0.2, 0) is 4.79 Å². The molecule has 4 aromatic rings. The van der Waals surface area contributed by atoms with E-state index in [1.807, 2.05) is 78.9 Å². The Morgan fingerprint density at radius 2 is 1.15 bits per heavy atom. The summed E-state index contributed by atoms with van der Waals surface area (Å²) in [6, 6.07) is 25.2. The molecular formula is C24H18O3. The molecule has 0 N–H and O–H groups in total. The number of carbonyl (C=O) groups excluding carboxylic acids is 1. The Morgan fingerprint density at radius 3 is 1.63 bits per heavy atom. The van der Waals surface area contributed by atoms with E-state index in [0.717, 1.165) is 33.0 Å². The molecule has 3 heteroatoms. The summed E-state index contributed by atoms with van der Waals surface area (Å²) in [5.74, 6) is 1.57. The van der Waals surface area contributed by atoms with Gasteiger partial charge >= 0.3 is 5.97 Å². The molecule has 0 unspecified atom stereocenters. The van der Waals surface area contributed by atoms with Crippen LogP contribution in [0.2, 0.25) is 0 Å². The Hall–Kier alpha value is -3.59. The minimum Gasteiger partial charge on any atom is -0.456 e. The van der Waals surface area contributed by atoms with Gasteiger partial charge in [0.05, 0.1) is 0 Å². The maximum absolute atomic E-state index is 12.2. The Bertz CT molecular complexity index is 1100. The lowest BCUT2D eigenvalue weighted by Crippen LogP contribution is -2.09. The smallest absolute Gasteiger partial charge is 0.338 e. The fourth-order valence-electron chi connectivity index (χ4n) is 3.05.